The summed E-state index contributed by atoms with van der Waals surface area (Å²) in [7, 11) is -1.13. The number of ether oxygens (including phenoxy) is 3. The zero-order valence-electron chi connectivity index (χ0n) is 26.1. The Hall–Kier alpha value is -4.79. The average Bonchev–Trinajstić information content (AvgIpc) is 3.29. The maximum absolute atomic E-state index is 14.4. The van der Waals surface area contributed by atoms with Gasteiger partial charge in [-0.25, -0.2) is 9.18 Å². The van der Waals surface area contributed by atoms with E-state index in [9.17, 15) is 28.3 Å². The minimum absolute atomic E-state index is 0.102. The summed E-state index contributed by atoms with van der Waals surface area (Å²) in [5.41, 5.74) is 10.3. The Morgan fingerprint density at radius 1 is 1.04 bits per heavy atom. The molecule has 0 bridgehead atoms. The van der Waals surface area contributed by atoms with Crippen molar-refractivity contribution in [3.63, 3.8) is 0 Å². The van der Waals surface area contributed by atoms with E-state index in [0.717, 1.165) is 22.3 Å². The van der Waals surface area contributed by atoms with Gasteiger partial charge in [-0.3, -0.25) is 9.00 Å². The topological polar surface area (TPSA) is 157 Å². The molecule has 11 nitrogen and oxygen atoms in total. The van der Waals surface area contributed by atoms with Crippen LogP contribution in [-0.2, 0) is 34.7 Å². The molecule has 0 saturated carbocycles. The van der Waals surface area contributed by atoms with E-state index in [2.05, 4.69) is 4.84 Å². The van der Waals surface area contributed by atoms with Gasteiger partial charge in [0.05, 0.1) is 19.6 Å². The zero-order valence-corrected chi connectivity index (χ0v) is 27.8. The van der Waals surface area contributed by atoms with Gasteiger partial charge in [0.25, 0.3) is 5.09 Å². The molecule has 0 aromatic heterocycles. The molecule has 1 aliphatic rings. The molecule has 0 heterocycles. The van der Waals surface area contributed by atoms with Crippen LogP contribution in [0.4, 0.5) is 4.39 Å². The maximum atomic E-state index is 14.4. The van der Waals surface area contributed by atoms with Gasteiger partial charge in [-0.15, -0.1) is 10.1 Å². The van der Waals surface area contributed by atoms with Crippen LogP contribution >= 0.6 is 12.2 Å². The monoisotopic (exact) mass is 696 g/mol. The number of nitrogens with zero attached hydrogens (tertiary/aromatic N) is 1. The van der Waals surface area contributed by atoms with Crippen LogP contribution in [0.15, 0.2) is 77.2 Å². The molecule has 2 unspecified atom stereocenters. The number of hydrogen-bond acceptors (Lipinski definition) is 10. The number of nitrogens with two attached hydrogens (primary N) is 1. The molecule has 0 saturated heterocycles. The van der Waals surface area contributed by atoms with Crippen molar-refractivity contribution >= 4 is 57.2 Å². The average molecular weight is 697 g/mol. The minimum atomic E-state index is -1.46. The van der Waals surface area contributed by atoms with Gasteiger partial charge < -0.3 is 24.8 Å². The van der Waals surface area contributed by atoms with Gasteiger partial charge >= 0.3 is 11.9 Å². The van der Waals surface area contributed by atoms with Crippen molar-refractivity contribution in [2.24, 2.45) is 5.73 Å². The van der Waals surface area contributed by atoms with Crippen molar-refractivity contribution in [3.8, 4) is 5.75 Å². The van der Waals surface area contributed by atoms with E-state index in [-0.39, 0.29) is 37.0 Å². The summed E-state index contributed by atoms with van der Waals surface area (Å²) in [5.74, 6) is -2.00. The Bertz CT molecular complexity index is 1770. The molecule has 252 valence electrons. The van der Waals surface area contributed by atoms with Crippen LogP contribution < -0.4 is 10.5 Å². The van der Waals surface area contributed by atoms with Gasteiger partial charge in [0.2, 0.25) is 6.10 Å². The van der Waals surface area contributed by atoms with Crippen LogP contribution in [0, 0.1) is 15.9 Å². The standard InChI is InChI=1S/C34H33FN2O9S2/c1-21-28(17-22-5-12-26(13-6-22)48(2)42)27-14-9-24(35)18-30(27)29(21)19-32(38)46-31(20-43-15-3-4-16-44-37(40)41)34(39)45-25-10-7-23(8-11-25)33(36)47/h5-14,17-18,31H,3-4,15-16,19-20H2,1-2H3,(H2,36,47). The number of allylic oxidation sites excluding steroid dienone is 2. The largest absolute Gasteiger partial charge is 0.448 e. The SMILES string of the molecule is CC1=C(CC(=O)OC(COCCCCO[N+](=O)[O-])C(=O)Oc2ccc(C(N)=S)cc2)c2cc(F)ccc2C1=Cc1ccc(S(C)=O)cc1. The normalized spacial score (nSPS) is 14.3. The molecular formula is C34H33FN2O9S2. The quantitative estimate of drug-likeness (QED) is 0.0508. The van der Waals surface area contributed by atoms with Crippen molar-refractivity contribution in [1.82, 2.24) is 0 Å². The number of carbonyl (C=O) groups is 2. The number of hydrogen-bond donors (Lipinski definition) is 1. The molecule has 0 amide bonds. The zero-order chi connectivity index (χ0) is 34.8. The molecule has 0 fully saturated rings. The second-order valence-electron chi connectivity index (χ2n) is 10.7. The summed E-state index contributed by atoms with van der Waals surface area (Å²) in [6.45, 7) is 1.46. The first-order chi connectivity index (χ1) is 22.9. The number of fused-ring (bicyclic) bond motifs is 1. The molecular weight excluding hydrogens is 664 g/mol. The lowest BCUT2D eigenvalue weighted by Gasteiger charge is -2.18. The third kappa shape index (κ3) is 9.86. The van der Waals surface area contributed by atoms with Crippen LogP contribution in [0.25, 0.3) is 17.2 Å². The van der Waals surface area contributed by atoms with Crippen LogP contribution in [0.3, 0.4) is 0 Å². The molecule has 1 aliphatic carbocycles. The van der Waals surface area contributed by atoms with E-state index in [1.54, 1.807) is 36.6 Å². The molecule has 0 aliphatic heterocycles. The van der Waals surface area contributed by atoms with Crippen LogP contribution in [0.1, 0.15) is 48.4 Å². The Morgan fingerprint density at radius 3 is 2.38 bits per heavy atom. The lowest BCUT2D eigenvalue weighted by Crippen LogP contribution is -2.35. The van der Waals surface area contributed by atoms with Crippen molar-refractivity contribution in [2.45, 2.75) is 37.2 Å². The lowest BCUT2D eigenvalue weighted by atomic mass is 10.0. The molecule has 14 heteroatoms. The van der Waals surface area contributed by atoms with Gasteiger partial charge in [0.15, 0.2) is 0 Å². The number of esters is 2. The van der Waals surface area contributed by atoms with Crippen molar-refractivity contribution < 1.29 is 42.3 Å². The predicted molar refractivity (Wildman–Crippen MR) is 181 cm³/mol. The highest BCUT2D eigenvalue weighted by Gasteiger charge is 2.30. The third-order valence-corrected chi connectivity index (χ3v) is 8.51. The first-order valence-electron chi connectivity index (χ1n) is 14.7. The minimum Gasteiger partial charge on any atom is -0.448 e. The molecule has 2 atom stereocenters. The van der Waals surface area contributed by atoms with E-state index in [1.807, 2.05) is 25.1 Å². The second-order valence-corrected chi connectivity index (χ2v) is 12.5. The highest BCUT2D eigenvalue weighted by Crippen LogP contribution is 2.44. The highest BCUT2D eigenvalue weighted by molar-refractivity contribution is 7.84. The fourth-order valence-corrected chi connectivity index (χ4v) is 5.56. The number of thiocarbonyl (C=S) groups is 1. The van der Waals surface area contributed by atoms with Crippen LogP contribution in [0.5, 0.6) is 5.75 Å². The number of halogens is 1. The molecule has 0 radical (unpaired) electrons. The number of carbonyl (C=O) groups excluding carboxylic acids is 2. The predicted octanol–water partition coefficient (Wildman–Crippen LogP) is 5.44. The Balaban J connectivity index is 1.51. The van der Waals surface area contributed by atoms with E-state index in [0.29, 0.717) is 34.4 Å². The summed E-state index contributed by atoms with van der Waals surface area (Å²) in [4.78, 5) is 42.0. The van der Waals surface area contributed by atoms with Gasteiger partial charge in [0.1, 0.15) is 16.6 Å². The van der Waals surface area contributed by atoms with Crippen LogP contribution in [0.2, 0.25) is 0 Å². The number of unbranched alkanes of at least 4 members (excludes halogenated alkanes) is 1. The van der Waals surface area contributed by atoms with Crippen molar-refractivity contribution in [3.05, 3.63) is 110 Å². The summed E-state index contributed by atoms with van der Waals surface area (Å²) >= 11 is 4.95. The first kappa shape index (κ1) is 36.1. The molecule has 48 heavy (non-hydrogen) atoms. The summed E-state index contributed by atoms with van der Waals surface area (Å²) < 4.78 is 42.8. The van der Waals surface area contributed by atoms with Gasteiger partial charge in [-0.2, -0.15) is 0 Å². The van der Waals surface area contributed by atoms with Gasteiger partial charge in [0, 0.05) is 34.1 Å². The van der Waals surface area contributed by atoms with Crippen molar-refractivity contribution in [1.29, 1.82) is 0 Å². The van der Waals surface area contributed by atoms with Crippen LogP contribution in [-0.4, -0.2) is 58.4 Å². The summed E-state index contributed by atoms with van der Waals surface area (Å²) in [5, 5.41) is 9.44. The first-order valence-corrected chi connectivity index (χ1v) is 16.7. The van der Waals surface area contributed by atoms with Gasteiger partial charge in [-0.05, 0) is 108 Å². The van der Waals surface area contributed by atoms with Gasteiger partial charge in [-0.1, -0.05) is 30.4 Å². The molecule has 3 aromatic rings. The highest BCUT2D eigenvalue weighted by atomic mass is 32.2. The Morgan fingerprint density at radius 2 is 1.73 bits per heavy atom. The molecule has 0 spiro atoms. The molecule has 2 N–H and O–H groups in total. The maximum Gasteiger partial charge on any atom is 0.355 e. The summed E-state index contributed by atoms with van der Waals surface area (Å²) in [6.07, 6.45) is 2.46. The lowest BCUT2D eigenvalue weighted by molar-refractivity contribution is -0.757. The second kappa shape index (κ2) is 16.9. The Kier molecular flexibility index (Phi) is 12.7. The Labute approximate surface area is 284 Å². The number of rotatable bonds is 16. The van der Waals surface area contributed by atoms with E-state index >= 15 is 0 Å². The smallest absolute Gasteiger partial charge is 0.355 e. The van der Waals surface area contributed by atoms with Crippen molar-refractivity contribution in [2.75, 3.05) is 26.1 Å². The van der Waals surface area contributed by atoms with E-state index in [4.69, 9.17) is 32.2 Å². The molecule has 3 aromatic carbocycles. The number of benzene rings is 3. The summed E-state index contributed by atoms with van der Waals surface area (Å²) in [6, 6.07) is 17.6. The van der Waals surface area contributed by atoms with E-state index in [1.165, 1.54) is 24.3 Å². The van der Waals surface area contributed by atoms with E-state index < -0.39 is 39.7 Å². The fourth-order valence-electron chi connectivity index (χ4n) is 4.90. The molecule has 4 rings (SSSR count). The third-order valence-electron chi connectivity index (χ3n) is 7.34. The fraction of sp³-hybridized carbons (Fsp3) is 0.265.